The third-order valence-electron chi connectivity index (χ3n) is 4.94. The molecule has 0 bridgehead atoms. The molecular weight excluding hydrogens is 392 g/mol. The molecule has 7 heteroatoms. The number of ether oxygens (including phenoxy) is 2. The number of hydrogen-bond acceptors (Lipinski definition) is 5. The fourth-order valence-corrected chi connectivity index (χ4v) is 4.72. The molecule has 1 aliphatic heterocycles. The Morgan fingerprint density at radius 1 is 1.25 bits per heavy atom. The van der Waals surface area contributed by atoms with Gasteiger partial charge >= 0.3 is 0 Å². The fraction of sp³-hybridized carbons (Fsp3) is 0.286. The predicted molar refractivity (Wildman–Crippen MR) is 114 cm³/mol. The van der Waals surface area contributed by atoms with Crippen LogP contribution < -0.4 is 14.8 Å². The monoisotopic (exact) mass is 414 g/mol. The highest BCUT2D eigenvalue weighted by molar-refractivity contribution is 7.80. The van der Waals surface area contributed by atoms with Gasteiger partial charge in [-0.05, 0) is 65.5 Å². The largest absolute Gasteiger partial charge is 0.493 e. The zero-order valence-electron chi connectivity index (χ0n) is 15.8. The molecule has 0 amide bonds. The second-order valence-corrected chi connectivity index (χ2v) is 7.87. The Morgan fingerprint density at radius 2 is 2.07 bits per heavy atom. The minimum absolute atomic E-state index is 0.0418. The molecule has 1 atom stereocenters. The van der Waals surface area contributed by atoms with E-state index in [4.69, 9.17) is 26.1 Å². The predicted octanol–water partition coefficient (Wildman–Crippen LogP) is 4.38. The molecule has 0 spiro atoms. The highest BCUT2D eigenvalue weighted by Crippen LogP contribution is 2.42. The van der Waals surface area contributed by atoms with Gasteiger partial charge in [0.05, 0.1) is 33.1 Å². The van der Waals surface area contributed by atoms with Gasteiger partial charge < -0.3 is 24.1 Å². The van der Waals surface area contributed by atoms with E-state index in [1.54, 1.807) is 31.8 Å². The number of nitrogens with zero attached hydrogens (tertiary/aromatic N) is 1. The van der Waals surface area contributed by atoms with E-state index in [0.29, 0.717) is 6.54 Å². The molecule has 2 aromatic heterocycles. The number of methoxy groups -OCH3 is 2. The molecule has 146 valence electrons. The third-order valence-corrected chi connectivity index (χ3v) is 6.24. The fourth-order valence-electron chi connectivity index (χ4n) is 3.60. The van der Waals surface area contributed by atoms with Gasteiger partial charge in [0.25, 0.3) is 0 Å². The standard InChI is InChI=1S/C21H22N2O3S2/c1-24-17-11-14-7-8-23(21(27)22-13-15-5-3-9-26-15)20(19-6-4-10-28-19)16(14)12-18(17)25-2/h3-6,9-12,20H,7-8,13H2,1-2H3,(H,22,27). The molecule has 4 rings (SSSR count). The van der Waals surface area contributed by atoms with Gasteiger partial charge in [-0.1, -0.05) is 6.07 Å². The normalized spacial score (nSPS) is 15.8. The lowest BCUT2D eigenvalue weighted by Crippen LogP contribution is -2.45. The van der Waals surface area contributed by atoms with Crippen LogP contribution in [-0.2, 0) is 13.0 Å². The summed E-state index contributed by atoms with van der Waals surface area (Å²) in [5.74, 6) is 2.36. The quantitative estimate of drug-likeness (QED) is 0.625. The molecule has 3 heterocycles. The van der Waals surface area contributed by atoms with Gasteiger partial charge in [0.15, 0.2) is 16.6 Å². The summed E-state index contributed by atoms with van der Waals surface area (Å²) < 4.78 is 16.5. The Morgan fingerprint density at radius 3 is 2.75 bits per heavy atom. The Labute approximate surface area is 173 Å². The zero-order chi connectivity index (χ0) is 19.5. The van der Waals surface area contributed by atoms with Crippen LogP contribution in [0.5, 0.6) is 11.5 Å². The van der Waals surface area contributed by atoms with Gasteiger partial charge in [-0.15, -0.1) is 11.3 Å². The lowest BCUT2D eigenvalue weighted by Gasteiger charge is -2.39. The van der Waals surface area contributed by atoms with E-state index in [0.717, 1.165) is 35.3 Å². The third kappa shape index (κ3) is 3.59. The van der Waals surface area contributed by atoms with Crippen molar-refractivity contribution in [2.75, 3.05) is 20.8 Å². The average Bonchev–Trinajstić information content (AvgIpc) is 3.44. The van der Waals surface area contributed by atoms with Crippen molar-refractivity contribution in [1.29, 1.82) is 0 Å². The molecule has 1 aromatic carbocycles. The van der Waals surface area contributed by atoms with E-state index in [-0.39, 0.29) is 6.04 Å². The Bertz CT molecular complexity index is 939. The van der Waals surface area contributed by atoms with E-state index in [1.165, 1.54) is 16.0 Å². The maximum Gasteiger partial charge on any atom is 0.170 e. The highest BCUT2D eigenvalue weighted by atomic mass is 32.1. The lowest BCUT2D eigenvalue weighted by molar-refractivity contribution is 0.325. The molecule has 0 radical (unpaired) electrons. The van der Waals surface area contributed by atoms with Crippen molar-refractivity contribution in [1.82, 2.24) is 10.2 Å². The van der Waals surface area contributed by atoms with Crippen LogP contribution >= 0.6 is 23.6 Å². The second kappa shape index (κ2) is 8.24. The van der Waals surface area contributed by atoms with Crippen LogP contribution in [0.2, 0.25) is 0 Å². The molecule has 0 saturated heterocycles. The molecule has 1 aliphatic rings. The van der Waals surface area contributed by atoms with Gasteiger partial charge in [-0.25, -0.2) is 0 Å². The molecule has 0 aliphatic carbocycles. The van der Waals surface area contributed by atoms with Crippen LogP contribution in [0.3, 0.4) is 0 Å². The van der Waals surface area contributed by atoms with E-state index in [1.807, 2.05) is 12.1 Å². The van der Waals surface area contributed by atoms with Crippen molar-refractivity contribution < 1.29 is 13.9 Å². The second-order valence-electron chi connectivity index (χ2n) is 6.51. The molecule has 0 fully saturated rings. The van der Waals surface area contributed by atoms with Gasteiger partial charge in [0, 0.05) is 11.4 Å². The average molecular weight is 415 g/mol. The summed E-state index contributed by atoms with van der Waals surface area (Å²) >= 11 is 7.49. The number of thiophene rings is 1. The summed E-state index contributed by atoms with van der Waals surface area (Å²) in [6, 6.07) is 12.3. The molecule has 3 aromatic rings. The van der Waals surface area contributed by atoms with Crippen LogP contribution in [0, 0.1) is 0 Å². The highest BCUT2D eigenvalue weighted by Gasteiger charge is 2.32. The summed E-state index contributed by atoms with van der Waals surface area (Å²) in [5.41, 5.74) is 2.47. The first kappa shape index (κ1) is 18.8. The summed E-state index contributed by atoms with van der Waals surface area (Å²) in [6.45, 7) is 1.40. The molecule has 1 unspecified atom stereocenters. The van der Waals surface area contributed by atoms with Gasteiger partial charge in [-0.3, -0.25) is 0 Å². The number of furan rings is 1. The van der Waals surface area contributed by atoms with Crippen LogP contribution in [0.15, 0.2) is 52.5 Å². The summed E-state index contributed by atoms with van der Waals surface area (Å²) in [4.78, 5) is 3.49. The van der Waals surface area contributed by atoms with E-state index in [2.05, 4.69) is 39.9 Å². The molecule has 28 heavy (non-hydrogen) atoms. The van der Waals surface area contributed by atoms with E-state index < -0.39 is 0 Å². The number of nitrogens with one attached hydrogen (secondary N) is 1. The van der Waals surface area contributed by atoms with Crippen molar-refractivity contribution in [2.24, 2.45) is 0 Å². The Kier molecular flexibility index (Phi) is 5.54. The first-order valence-electron chi connectivity index (χ1n) is 9.06. The minimum atomic E-state index is 0.0418. The van der Waals surface area contributed by atoms with Crippen LogP contribution in [0.25, 0.3) is 0 Å². The number of thiocarbonyl (C=S) groups is 1. The number of benzene rings is 1. The molecule has 0 saturated carbocycles. The van der Waals surface area contributed by atoms with Crippen LogP contribution in [0.1, 0.15) is 27.8 Å². The van der Waals surface area contributed by atoms with Crippen LogP contribution in [-0.4, -0.2) is 30.8 Å². The zero-order valence-corrected chi connectivity index (χ0v) is 17.4. The van der Waals surface area contributed by atoms with Crippen molar-refractivity contribution in [3.8, 4) is 11.5 Å². The summed E-state index contributed by atoms with van der Waals surface area (Å²) in [5, 5.41) is 6.16. The lowest BCUT2D eigenvalue weighted by atomic mass is 9.91. The van der Waals surface area contributed by atoms with Gasteiger partial charge in [-0.2, -0.15) is 0 Å². The number of rotatable bonds is 5. The van der Waals surface area contributed by atoms with Crippen molar-refractivity contribution in [3.05, 3.63) is 69.8 Å². The topological polar surface area (TPSA) is 46.9 Å². The molecule has 5 nitrogen and oxygen atoms in total. The van der Waals surface area contributed by atoms with Crippen molar-refractivity contribution in [3.63, 3.8) is 0 Å². The summed E-state index contributed by atoms with van der Waals surface area (Å²) in [6.07, 6.45) is 2.56. The molecule has 1 N–H and O–H groups in total. The minimum Gasteiger partial charge on any atom is -0.493 e. The first-order valence-corrected chi connectivity index (χ1v) is 10.3. The maximum atomic E-state index is 5.76. The number of fused-ring (bicyclic) bond motifs is 1. The summed E-state index contributed by atoms with van der Waals surface area (Å²) in [7, 11) is 3.34. The van der Waals surface area contributed by atoms with Gasteiger partial charge in [0.2, 0.25) is 0 Å². The van der Waals surface area contributed by atoms with Gasteiger partial charge in [0.1, 0.15) is 5.76 Å². The van der Waals surface area contributed by atoms with E-state index in [9.17, 15) is 0 Å². The van der Waals surface area contributed by atoms with Crippen molar-refractivity contribution in [2.45, 2.75) is 19.0 Å². The number of hydrogen-bond donors (Lipinski definition) is 1. The smallest absolute Gasteiger partial charge is 0.170 e. The SMILES string of the molecule is COc1cc2c(cc1OC)C(c1cccs1)N(C(=S)NCc1ccco1)CC2. The van der Waals surface area contributed by atoms with Crippen LogP contribution in [0.4, 0.5) is 0 Å². The van der Waals surface area contributed by atoms with Crippen molar-refractivity contribution >= 4 is 28.7 Å². The Hall–Kier alpha value is -2.51. The first-order chi connectivity index (χ1) is 13.7. The molecular formula is C21H22N2O3S2. The maximum absolute atomic E-state index is 5.76. The van der Waals surface area contributed by atoms with E-state index >= 15 is 0 Å². The Balaban J connectivity index is 1.67.